The average molecular weight is 397 g/mol. The molecule has 0 radical (unpaired) electrons. The van der Waals surface area contributed by atoms with Crippen LogP contribution in [0.4, 0.5) is 0 Å². The van der Waals surface area contributed by atoms with Gasteiger partial charge in [0.05, 0.1) is 22.0 Å². The van der Waals surface area contributed by atoms with Gasteiger partial charge in [0, 0.05) is 12.8 Å². The SMILES string of the molecule is C[SiH](C)CO[SiH](C)O[Si](C)(CCCOCC1CO1)O[Si](C)(C)C. The Kier molecular flexibility index (Phi) is 9.41. The fourth-order valence-electron chi connectivity index (χ4n) is 2.37. The van der Waals surface area contributed by atoms with E-state index in [1.54, 1.807) is 0 Å². The van der Waals surface area contributed by atoms with Crippen LogP contribution in [0.1, 0.15) is 6.42 Å². The Hall–Kier alpha value is 0.668. The van der Waals surface area contributed by atoms with Crippen LogP contribution in [-0.4, -0.2) is 67.1 Å². The largest absolute Gasteiger partial charge is 0.437 e. The second-order valence-electron chi connectivity index (χ2n) is 7.89. The molecule has 1 heterocycles. The molecule has 138 valence electrons. The molecule has 0 aromatic rings. The summed E-state index contributed by atoms with van der Waals surface area (Å²) in [6.45, 7) is 18.0. The van der Waals surface area contributed by atoms with Crippen molar-refractivity contribution in [3.63, 3.8) is 0 Å². The molecule has 3 unspecified atom stereocenters. The molecule has 1 saturated heterocycles. The van der Waals surface area contributed by atoms with E-state index >= 15 is 0 Å². The van der Waals surface area contributed by atoms with E-state index < -0.39 is 35.0 Å². The van der Waals surface area contributed by atoms with Gasteiger partial charge >= 0.3 is 17.8 Å². The van der Waals surface area contributed by atoms with Crippen LogP contribution >= 0.6 is 0 Å². The third-order valence-corrected chi connectivity index (χ3v) is 13.9. The molecule has 1 fully saturated rings. The van der Waals surface area contributed by atoms with Gasteiger partial charge in [0.1, 0.15) is 6.10 Å². The van der Waals surface area contributed by atoms with Gasteiger partial charge in [-0.05, 0) is 45.2 Å². The average Bonchev–Trinajstić information content (AvgIpc) is 3.17. The van der Waals surface area contributed by atoms with Crippen molar-refractivity contribution in [1.29, 1.82) is 0 Å². The van der Waals surface area contributed by atoms with E-state index in [-0.39, 0.29) is 0 Å². The summed E-state index contributed by atoms with van der Waals surface area (Å²) in [5, 5.41) is 0. The molecule has 0 amide bonds. The first-order chi connectivity index (χ1) is 10.6. The van der Waals surface area contributed by atoms with Crippen molar-refractivity contribution in [3.8, 4) is 0 Å². The summed E-state index contributed by atoms with van der Waals surface area (Å²) < 4.78 is 29.7. The number of epoxide rings is 1. The normalized spacial score (nSPS) is 22.2. The van der Waals surface area contributed by atoms with Crippen LogP contribution in [0.2, 0.25) is 51.9 Å². The van der Waals surface area contributed by atoms with Gasteiger partial charge in [0.15, 0.2) is 8.32 Å². The summed E-state index contributed by atoms with van der Waals surface area (Å²) in [4.78, 5) is 0. The van der Waals surface area contributed by atoms with Crippen LogP contribution in [0.5, 0.6) is 0 Å². The van der Waals surface area contributed by atoms with E-state index in [1.807, 2.05) is 0 Å². The van der Waals surface area contributed by atoms with Gasteiger partial charge in [-0.25, -0.2) is 0 Å². The van der Waals surface area contributed by atoms with Crippen molar-refractivity contribution >= 4 is 35.0 Å². The third kappa shape index (κ3) is 11.8. The number of rotatable bonds is 13. The lowest BCUT2D eigenvalue weighted by Gasteiger charge is -2.36. The fourth-order valence-corrected chi connectivity index (χ4v) is 15.5. The Balaban J connectivity index is 2.39. The van der Waals surface area contributed by atoms with Crippen LogP contribution < -0.4 is 0 Å². The molecule has 23 heavy (non-hydrogen) atoms. The van der Waals surface area contributed by atoms with Gasteiger partial charge in [-0.15, -0.1) is 0 Å². The highest BCUT2D eigenvalue weighted by molar-refractivity contribution is 6.84. The van der Waals surface area contributed by atoms with Crippen molar-refractivity contribution in [1.82, 2.24) is 0 Å². The van der Waals surface area contributed by atoms with E-state index in [9.17, 15) is 0 Å². The van der Waals surface area contributed by atoms with E-state index in [0.717, 1.165) is 38.5 Å². The lowest BCUT2D eigenvalue weighted by molar-refractivity contribution is 0.115. The van der Waals surface area contributed by atoms with E-state index in [2.05, 4.69) is 45.8 Å². The Morgan fingerprint density at radius 3 is 2.30 bits per heavy atom. The summed E-state index contributed by atoms with van der Waals surface area (Å²) in [5.74, 6) is 0. The third-order valence-electron chi connectivity index (χ3n) is 3.23. The fraction of sp³-hybridized carbons (Fsp3) is 1.00. The summed E-state index contributed by atoms with van der Waals surface area (Å²) in [6.07, 6.45) is 2.24. The van der Waals surface area contributed by atoms with Crippen molar-refractivity contribution < 1.29 is 22.1 Å². The molecule has 9 heteroatoms. The van der Waals surface area contributed by atoms with Crippen LogP contribution in [0.15, 0.2) is 0 Å². The smallest absolute Gasteiger partial charge is 0.315 e. The summed E-state index contributed by atoms with van der Waals surface area (Å²) in [6, 6.07) is 0.975. The molecule has 1 rings (SSSR count). The molecule has 0 N–H and O–H groups in total. The second kappa shape index (κ2) is 9.97. The zero-order chi connectivity index (χ0) is 17.5. The molecule has 0 spiro atoms. The first-order valence-electron chi connectivity index (χ1n) is 8.78. The molecule has 3 atom stereocenters. The van der Waals surface area contributed by atoms with Crippen molar-refractivity contribution in [2.75, 3.05) is 26.1 Å². The van der Waals surface area contributed by atoms with Crippen LogP contribution in [0.3, 0.4) is 0 Å². The molecule has 0 bridgehead atoms. The molecule has 0 aliphatic carbocycles. The van der Waals surface area contributed by atoms with Crippen molar-refractivity contribution in [2.24, 2.45) is 0 Å². The molecule has 5 nitrogen and oxygen atoms in total. The predicted octanol–water partition coefficient (Wildman–Crippen LogP) is 2.62. The maximum absolute atomic E-state index is 6.48. The van der Waals surface area contributed by atoms with Gasteiger partial charge in [0.2, 0.25) is 0 Å². The number of hydrogen-bond donors (Lipinski definition) is 0. The van der Waals surface area contributed by atoms with Gasteiger partial charge in [-0.2, -0.15) is 0 Å². The highest BCUT2D eigenvalue weighted by Crippen LogP contribution is 2.23. The quantitative estimate of drug-likeness (QED) is 0.272. The Labute approximate surface area is 147 Å². The minimum Gasteiger partial charge on any atom is -0.437 e. The Morgan fingerprint density at radius 2 is 1.78 bits per heavy atom. The number of ether oxygens (including phenoxy) is 2. The van der Waals surface area contributed by atoms with Crippen LogP contribution in [0, 0.1) is 0 Å². The zero-order valence-corrected chi connectivity index (χ0v) is 20.3. The minimum absolute atomic E-state index is 0.342. The maximum atomic E-state index is 6.48. The van der Waals surface area contributed by atoms with Gasteiger partial charge in [-0.3, -0.25) is 0 Å². The standard InChI is InChI=1S/C14H36O5Si4/c1-20(2)13-17-21(3)18-23(7,19-22(4,5)6)10-8-9-15-11-14-12-16-14/h14,20-21H,8-13H2,1-7H3. The molecule has 0 saturated carbocycles. The highest BCUT2D eigenvalue weighted by atomic mass is 28.5. The molecule has 1 aliphatic heterocycles. The summed E-state index contributed by atoms with van der Waals surface area (Å²) in [5.41, 5.74) is 0. The lowest BCUT2D eigenvalue weighted by Crippen LogP contribution is -2.50. The van der Waals surface area contributed by atoms with E-state index in [1.165, 1.54) is 0 Å². The number of hydrogen-bond acceptors (Lipinski definition) is 5. The van der Waals surface area contributed by atoms with Crippen LogP contribution in [-0.2, 0) is 22.1 Å². The molecular weight excluding hydrogens is 360 g/mol. The first kappa shape index (κ1) is 21.7. The van der Waals surface area contributed by atoms with Crippen LogP contribution in [0.25, 0.3) is 0 Å². The Bertz CT molecular complexity index is 336. The maximum Gasteiger partial charge on any atom is 0.315 e. The van der Waals surface area contributed by atoms with Crippen molar-refractivity contribution in [3.05, 3.63) is 0 Å². The zero-order valence-electron chi connectivity index (χ0n) is 16.0. The molecule has 0 aromatic heterocycles. The van der Waals surface area contributed by atoms with Gasteiger partial charge in [-0.1, -0.05) is 13.1 Å². The summed E-state index contributed by atoms with van der Waals surface area (Å²) in [7, 11) is -6.10. The molecule has 1 aliphatic rings. The van der Waals surface area contributed by atoms with Gasteiger partial charge < -0.3 is 22.1 Å². The minimum atomic E-state index is -2.18. The Morgan fingerprint density at radius 1 is 1.13 bits per heavy atom. The predicted molar refractivity (Wildman–Crippen MR) is 105 cm³/mol. The second-order valence-corrected chi connectivity index (χ2v) is 21.2. The topological polar surface area (TPSA) is 49.5 Å². The van der Waals surface area contributed by atoms with E-state index in [4.69, 9.17) is 22.1 Å². The highest BCUT2D eigenvalue weighted by Gasteiger charge is 2.38. The summed E-state index contributed by atoms with van der Waals surface area (Å²) >= 11 is 0. The lowest BCUT2D eigenvalue weighted by atomic mass is 10.5. The van der Waals surface area contributed by atoms with E-state index in [0.29, 0.717) is 6.10 Å². The van der Waals surface area contributed by atoms with Crippen molar-refractivity contribution in [2.45, 2.75) is 64.4 Å². The monoisotopic (exact) mass is 396 g/mol. The van der Waals surface area contributed by atoms with Gasteiger partial charge in [0.25, 0.3) is 0 Å². The molecule has 0 aromatic carbocycles. The first-order valence-corrected chi connectivity index (χ1v) is 19.9. The molecular formula is C14H36O5Si4.